The van der Waals surface area contributed by atoms with E-state index in [-0.39, 0.29) is 0 Å². The van der Waals surface area contributed by atoms with Crippen LogP contribution in [0.4, 0.5) is 5.82 Å². The van der Waals surface area contributed by atoms with Gasteiger partial charge in [-0.05, 0) is 29.1 Å². The molecular formula is C14H17N7. The van der Waals surface area contributed by atoms with Crippen molar-refractivity contribution in [1.29, 1.82) is 0 Å². The summed E-state index contributed by atoms with van der Waals surface area (Å²) >= 11 is 0. The van der Waals surface area contributed by atoms with Crippen LogP contribution in [0.2, 0.25) is 0 Å². The molecule has 3 heterocycles. The molecule has 1 aliphatic rings. The third kappa shape index (κ3) is 2.01. The van der Waals surface area contributed by atoms with E-state index in [2.05, 4.69) is 32.2 Å². The van der Waals surface area contributed by atoms with Gasteiger partial charge in [0.1, 0.15) is 0 Å². The predicted octanol–water partition coefficient (Wildman–Crippen LogP) is 0.814. The van der Waals surface area contributed by atoms with Crippen LogP contribution in [0.5, 0.6) is 0 Å². The Morgan fingerprint density at radius 2 is 1.90 bits per heavy atom. The van der Waals surface area contributed by atoms with Crippen LogP contribution < -0.4 is 4.90 Å². The molecule has 0 bridgehead atoms. The fraction of sp³-hybridized carbons (Fsp3) is 0.429. The average molecular weight is 283 g/mol. The molecule has 21 heavy (non-hydrogen) atoms. The van der Waals surface area contributed by atoms with Gasteiger partial charge in [-0.1, -0.05) is 19.1 Å². The molecule has 1 aromatic carbocycles. The van der Waals surface area contributed by atoms with Crippen LogP contribution in [0, 0.1) is 0 Å². The van der Waals surface area contributed by atoms with E-state index in [0.717, 1.165) is 55.2 Å². The second-order valence-electron chi connectivity index (χ2n) is 5.26. The Balaban J connectivity index is 1.82. The lowest BCUT2D eigenvalue weighted by Crippen LogP contribution is -2.46. The van der Waals surface area contributed by atoms with Crippen LogP contribution in [0.15, 0.2) is 24.3 Å². The van der Waals surface area contributed by atoms with Crippen LogP contribution in [0.3, 0.4) is 0 Å². The van der Waals surface area contributed by atoms with Crippen LogP contribution in [0.25, 0.3) is 16.7 Å². The lowest BCUT2D eigenvalue weighted by atomic mass is 10.3. The molecule has 0 N–H and O–H groups in total. The summed E-state index contributed by atoms with van der Waals surface area (Å²) in [6, 6.07) is 7.96. The fourth-order valence-electron chi connectivity index (χ4n) is 2.88. The molecule has 0 atom stereocenters. The lowest BCUT2D eigenvalue weighted by molar-refractivity contribution is 0.270. The van der Waals surface area contributed by atoms with E-state index in [1.807, 2.05) is 24.3 Å². The number of tetrazole rings is 1. The first-order valence-electron chi connectivity index (χ1n) is 7.31. The summed E-state index contributed by atoms with van der Waals surface area (Å²) < 4.78 is 1.78. The van der Waals surface area contributed by atoms with Gasteiger partial charge in [0.25, 0.3) is 0 Å². The zero-order valence-corrected chi connectivity index (χ0v) is 12.0. The van der Waals surface area contributed by atoms with Gasteiger partial charge in [0.15, 0.2) is 5.82 Å². The fourth-order valence-corrected chi connectivity index (χ4v) is 2.88. The molecule has 7 nitrogen and oxygen atoms in total. The van der Waals surface area contributed by atoms with Crippen LogP contribution in [-0.2, 0) is 0 Å². The molecule has 0 radical (unpaired) electrons. The minimum Gasteiger partial charge on any atom is -0.351 e. The van der Waals surface area contributed by atoms with Gasteiger partial charge < -0.3 is 9.80 Å². The normalized spacial score (nSPS) is 16.9. The van der Waals surface area contributed by atoms with E-state index in [9.17, 15) is 0 Å². The molecule has 0 aliphatic carbocycles. The quantitative estimate of drug-likeness (QED) is 0.694. The molecule has 1 saturated heterocycles. The van der Waals surface area contributed by atoms with Gasteiger partial charge in [0.2, 0.25) is 5.65 Å². The van der Waals surface area contributed by atoms with Crippen LogP contribution in [0.1, 0.15) is 6.92 Å². The third-order valence-corrected chi connectivity index (χ3v) is 4.12. The highest BCUT2D eigenvalue weighted by atomic mass is 15.5. The van der Waals surface area contributed by atoms with E-state index >= 15 is 0 Å². The van der Waals surface area contributed by atoms with Gasteiger partial charge in [0.05, 0.1) is 11.0 Å². The topological polar surface area (TPSA) is 62.5 Å². The zero-order chi connectivity index (χ0) is 14.2. The number of hydrogen-bond acceptors (Lipinski definition) is 6. The van der Waals surface area contributed by atoms with E-state index in [0.29, 0.717) is 0 Å². The average Bonchev–Trinajstić information content (AvgIpc) is 3.04. The number of anilines is 1. The Kier molecular flexibility index (Phi) is 2.92. The number of nitrogens with zero attached hydrogens (tertiary/aromatic N) is 7. The van der Waals surface area contributed by atoms with Crippen LogP contribution in [-0.4, -0.2) is 62.6 Å². The molecule has 4 rings (SSSR count). The Labute approximate surface area is 122 Å². The minimum absolute atomic E-state index is 0.735. The van der Waals surface area contributed by atoms with Crippen molar-refractivity contribution in [3.05, 3.63) is 24.3 Å². The van der Waals surface area contributed by atoms with Gasteiger partial charge in [-0.25, -0.2) is 4.98 Å². The maximum absolute atomic E-state index is 4.79. The molecule has 2 aromatic heterocycles. The maximum Gasteiger partial charge on any atom is 0.222 e. The number of rotatable bonds is 2. The number of aromatic nitrogens is 5. The monoisotopic (exact) mass is 283 g/mol. The molecule has 3 aromatic rings. The van der Waals surface area contributed by atoms with E-state index in [1.165, 1.54) is 0 Å². The summed E-state index contributed by atoms with van der Waals surface area (Å²) in [6.45, 7) is 7.33. The van der Waals surface area contributed by atoms with Crippen molar-refractivity contribution in [1.82, 2.24) is 29.9 Å². The highest BCUT2D eigenvalue weighted by molar-refractivity contribution is 5.82. The van der Waals surface area contributed by atoms with E-state index in [1.54, 1.807) is 4.52 Å². The highest BCUT2D eigenvalue weighted by Crippen LogP contribution is 2.23. The summed E-state index contributed by atoms with van der Waals surface area (Å²) in [6.07, 6.45) is 0. The van der Waals surface area contributed by atoms with E-state index in [4.69, 9.17) is 4.98 Å². The Morgan fingerprint density at radius 3 is 2.71 bits per heavy atom. The van der Waals surface area contributed by atoms with Gasteiger partial charge in [-0.3, -0.25) is 0 Å². The summed E-state index contributed by atoms with van der Waals surface area (Å²) in [5, 5.41) is 12.1. The molecule has 0 spiro atoms. The summed E-state index contributed by atoms with van der Waals surface area (Å²) in [4.78, 5) is 9.52. The smallest absolute Gasteiger partial charge is 0.222 e. The van der Waals surface area contributed by atoms with Crippen LogP contribution >= 0.6 is 0 Å². The van der Waals surface area contributed by atoms with Crippen molar-refractivity contribution >= 4 is 22.5 Å². The van der Waals surface area contributed by atoms with E-state index < -0.39 is 0 Å². The Bertz CT molecular complexity index is 773. The van der Waals surface area contributed by atoms with Gasteiger partial charge >= 0.3 is 0 Å². The second kappa shape index (κ2) is 4.92. The minimum atomic E-state index is 0.735. The first kappa shape index (κ1) is 12.5. The van der Waals surface area contributed by atoms with Crippen molar-refractivity contribution < 1.29 is 0 Å². The third-order valence-electron chi connectivity index (χ3n) is 4.12. The van der Waals surface area contributed by atoms with Gasteiger partial charge in [-0.15, -0.1) is 5.10 Å². The van der Waals surface area contributed by atoms with Gasteiger partial charge in [0, 0.05) is 26.2 Å². The lowest BCUT2D eigenvalue weighted by Gasteiger charge is -2.34. The second-order valence-corrected chi connectivity index (χ2v) is 5.26. The Hall–Kier alpha value is -2.28. The molecule has 0 saturated carbocycles. The molecule has 1 fully saturated rings. The molecule has 108 valence electrons. The number of fused-ring (bicyclic) bond motifs is 3. The predicted molar refractivity (Wildman–Crippen MR) is 80.4 cm³/mol. The van der Waals surface area contributed by atoms with Gasteiger partial charge in [-0.2, -0.15) is 4.52 Å². The number of hydrogen-bond donors (Lipinski definition) is 0. The molecule has 7 heteroatoms. The summed E-state index contributed by atoms with van der Waals surface area (Å²) in [5.41, 5.74) is 2.59. The first-order valence-corrected chi connectivity index (χ1v) is 7.31. The maximum atomic E-state index is 4.79. The molecule has 1 aliphatic heterocycles. The number of para-hydroxylation sites is 2. The van der Waals surface area contributed by atoms with Crippen molar-refractivity contribution in [3.8, 4) is 0 Å². The van der Waals surface area contributed by atoms with Crippen molar-refractivity contribution in [2.75, 3.05) is 37.6 Å². The number of likely N-dealkylation sites (N-methyl/N-ethyl adjacent to an activating group) is 1. The SMILES string of the molecule is CCN1CCN(c2nc3ccccc3n3nnnc23)CC1. The standard InChI is InChI=1S/C14H17N7/c1-2-19-7-9-20(10-8-19)13-14-16-17-18-21(14)12-6-4-3-5-11(12)15-13/h3-6H,2,7-10H2,1H3. The Morgan fingerprint density at radius 1 is 1.10 bits per heavy atom. The highest BCUT2D eigenvalue weighted by Gasteiger charge is 2.21. The largest absolute Gasteiger partial charge is 0.351 e. The van der Waals surface area contributed by atoms with Crippen molar-refractivity contribution in [2.24, 2.45) is 0 Å². The molecular weight excluding hydrogens is 266 g/mol. The summed E-state index contributed by atoms with van der Waals surface area (Å²) in [7, 11) is 0. The zero-order valence-electron chi connectivity index (χ0n) is 12.0. The first-order chi connectivity index (χ1) is 10.4. The number of piperazine rings is 1. The van der Waals surface area contributed by atoms with Crippen molar-refractivity contribution in [2.45, 2.75) is 6.92 Å². The molecule has 0 amide bonds. The number of benzene rings is 1. The van der Waals surface area contributed by atoms with Crippen molar-refractivity contribution in [3.63, 3.8) is 0 Å². The summed E-state index contributed by atoms with van der Waals surface area (Å²) in [5.74, 6) is 0.884. The molecule has 0 unspecified atom stereocenters.